The van der Waals surface area contributed by atoms with Crippen LogP contribution in [0, 0.1) is 5.92 Å². The maximum Gasteiger partial charge on any atom is 0.175 e. The number of benzene rings is 1. The van der Waals surface area contributed by atoms with Gasteiger partial charge in [0, 0.05) is 12.7 Å². The van der Waals surface area contributed by atoms with E-state index in [-0.39, 0.29) is 0 Å². The maximum atomic E-state index is 11.5. The van der Waals surface area contributed by atoms with Gasteiger partial charge in [-0.1, -0.05) is 20.3 Å². The summed E-state index contributed by atoms with van der Waals surface area (Å²) in [4.78, 5) is 8.00. The van der Waals surface area contributed by atoms with Crippen LogP contribution in [-0.2, 0) is 16.3 Å². The fraction of sp³-hybridized carbons (Fsp3) is 0.462. The Balaban J connectivity index is 2.40. The second-order valence-corrected chi connectivity index (χ2v) is 6.87. The summed E-state index contributed by atoms with van der Waals surface area (Å²) in [7, 11) is -3.16. The molecule has 0 radical (unpaired) electrons. The standard InChI is InChI=1S/C13H18N2O2S/c1-4-9(2)7-13-14-11-6-5-10(18(3,16)17)8-12(11)15-13/h5-6,8-9H,4,7H2,1-3H3,(H,14,15). The number of aromatic amines is 1. The van der Waals surface area contributed by atoms with Crippen molar-refractivity contribution in [1.82, 2.24) is 9.97 Å². The summed E-state index contributed by atoms with van der Waals surface area (Å²) in [5, 5.41) is 0. The number of sulfone groups is 1. The third-order valence-corrected chi connectivity index (χ3v) is 4.28. The van der Waals surface area contributed by atoms with Crippen molar-refractivity contribution >= 4 is 20.9 Å². The fourth-order valence-corrected chi connectivity index (χ4v) is 2.49. The van der Waals surface area contributed by atoms with E-state index in [1.807, 2.05) is 0 Å². The molecule has 0 spiro atoms. The molecule has 4 nitrogen and oxygen atoms in total. The van der Waals surface area contributed by atoms with Crippen molar-refractivity contribution in [1.29, 1.82) is 0 Å². The number of fused-ring (bicyclic) bond motifs is 1. The molecule has 1 aromatic heterocycles. The summed E-state index contributed by atoms with van der Waals surface area (Å²) < 4.78 is 22.9. The largest absolute Gasteiger partial charge is 0.342 e. The van der Waals surface area contributed by atoms with Gasteiger partial charge in [-0.3, -0.25) is 0 Å². The second-order valence-electron chi connectivity index (χ2n) is 4.85. The molecule has 1 atom stereocenters. The smallest absolute Gasteiger partial charge is 0.175 e. The minimum absolute atomic E-state index is 0.328. The minimum atomic E-state index is -3.16. The molecule has 0 saturated carbocycles. The van der Waals surface area contributed by atoms with E-state index in [0.717, 1.165) is 29.7 Å². The molecular weight excluding hydrogens is 248 g/mol. The Labute approximate surface area is 107 Å². The zero-order valence-electron chi connectivity index (χ0n) is 10.9. The zero-order chi connectivity index (χ0) is 13.3. The molecule has 1 N–H and O–H groups in total. The van der Waals surface area contributed by atoms with Crippen LogP contribution in [0.2, 0.25) is 0 Å². The van der Waals surface area contributed by atoms with E-state index in [1.165, 1.54) is 6.26 Å². The van der Waals surface area contributed by atoms with Crippen LogP contribution < -0.4 is 0 Å². The van der Waals surface area contributed by atoms with E-state index >= 15 is 0 Å². The Morgan fingerprint density at radius 3 is 2.72 bits per heavy atom. The van der Waals surface area contributed by atoms with Crippen LogP contribution in [0.15, 0.2) is 23.1 Å². The molecule has 2 rings (SSSR count). The summed E-state index contributed by atoms with van der Waals surface area (Å²) in [6.45, 7) is 4.32. The molecule has 98 valence electrons. The summed E-state index contributed by atoms with van der Waals surface area (Å²) in [6.07, 6.45) is 3.20. The third kappa shape index (κ3) is 2.72. The highest BCUT2D eigenvalue weighted by Gasteiger charge is 2.11. The molecule has 1 heterocycles. The van der Waals surface area contributed by atoms with Gasteiger partial charge in [-0.2, -0.15) is 0 Å². The number of nitrogens with one attached hydrogen (secondary N) is 1. The van der Waals surface area contributed by atoms with E-state index < -0.39 is 9.84 Å². The van der Waals surface area contributed by atoms with Gasteiger partial charge in [0.1, 0.15) is 5.82 Å². The van der Waals surface area contributed by atoms with Crippen LogP contribution in [-0.4, -0.2) is 24.6 Å². The highest BCUT2D eigenvalue weighted by molar-refractivity contribution is 7.90. The Kier molecular flexibility index (Phi) is 3.43. The van der Waals surface area contributed by atoms with Gasteiger partial charge in [0.15, 0.2) is 9.84 Å². The lowest BCUT2D eigenvalue weighted by atomic mass is 10.1. The van der Waals surface area contributed by atoms with E-state index in [9.17, 15) is 8.42 Å². The van der Waals surface area contributed by atoms with Gasteiger partial charge in [0.2, 0.25) is 0 Å². The van der Waals surface area contributed by atoms with Gasteiger partial charge in [0.25, 0.3) is 0 Å². The van der Waals surface area contributed by atoms with Gasteiger partial charge >= 0.3 is 0 Å². The molecule has 18 heavy (non-hydrogen) atoms. The first-order valence-electron chi connectivity index (χ1n) is 6.09. The first-order chi connectivity index (χ1) is 8.40. The van der Waals surface area contributed by atoms with E-state index in [2.05, 4.69) is 23.8 Å². The van der Waals surface area contributed by atoms with Crippen LogP contribution in [0.4, 0.5) is 0 Å². The van der Waals surface area contributed by atoms with Crippen LogP contribution >= 0.6 is 0 Å². The van der Waals surface area contributed by atoms with Crippen LogP contribution in [0.5, 0.6) is 0 Å². The molecule has 2 aromatic rings. The first-order valence-corrected chi connectivity index (χ1v) is 7.98. The second kappa shape index (κ2) is 4.72. The number of nitrogens with zero attached hydrogens (tertiary/aromatic N) is 1. The van der Waals surface area contributed by atoms with Crippen molar-refractivity contribution in [2.75, 3.05) is 6.26 Å². The highest BCUT2D eigenvalue weighted by atomic mass is 32.2. The van der Waals surface area contributed by atoms with Crippen molar-refractivity contribution in [3.63, 3.8) is 0 Å². The van der Waals surface area contributed by atoms with E-state index in [1.54, 1.807) is 18.2 Å². The predicted molar refractivity (Wildman–Crippen MR) is 72.4 cm³/mol. The molecule has 1 unspecified atom stereocenters. The average Bonchev–Trinajstić information content (AvgIpc) is 2.68. The molecule has 0 fully saturated rings. The van der Waals surface area contributed by atoms with Crippen LogP contribution in [0.3, 0.4) is 0 Å². The Hall–Kier alpha value is -1.36. The number of rotatable bonds is 4. The number of hydrogen-bond donors (Lipinski definition) is 1. The molecular formula is C13H18N2O2S. The molecule has 1 aromatic carbocycles. The quantitative estimate of drug-likeness (QED) is 0.925. The Bertz CT molecular complexity index is 659. The molecule has 0 aliphatic rings. The van der Waals surface area contributed by atoms with Crippen molar-refractivity contribution < 1.29 is 8.42 Å². The number of hydrogen-bond acceptors (Lipinski definition) is 3. The minimum Gasteiger partial charge on any atom is -0.342 e. The summed E-state index contributed by atoms with van der Waals surface area (Å²) in [5.74, 6) is 1.49. The first kappa shape index (κ1) is 13.1. The van der Waals surface area contributed by atoms with Gasteiger partial charge < -0.3 is 4.98 Å². The average molecular weight is 266 g/mol. The molecule has 5 heteroatoms. The van der Waals surface area contributed by atoms with Crippen molar-refractivity contribution in [3.05, 3.63) is 24.0 Å². The zero-order valence-corrected chi connectivity index (χ0v) is 11.7. The summed E-state index contributed by atoms with van der Waals surface area (Å²) in [6, 6.07) is 5.01. The molecule has 0 aliphatic heterocycles. The maximum absolute atomic E-state index is 11.5. The van der Waals surface area contributed by atoms with Crippen molar-refractivity contribution in [3.8, 4) is 0 Å². The normalized spacial score (nSPS) is 13.9. The van der Waals surface area contributed by atoms with E-state index in [4.69, 9.17) is 0 Å². The summed E-state index contributed by atoms with van der Waals surface area (Å²) >= 11 is 0. The molecule has 0 aliphatic carbocycles. The number of H-pyrrole nitrogens is 1. The van der Waals surface area contributed by atoms with Crippen LogP contribution in [0.1, 0.15) is 26.1 Å². The van der Waals surface area contributed by atoms with Gasteiger partial charge in [0.05, 0.1) is 15.9 Å². The monoisotopic (exact) mass is 266 g/mol. The third-order valence-electron chi connectivity index (χ3n) is 3.17. The van der Waals surface area contributed by atoms with Gasteiger partial charge in [-0.05, 0) is 24.1 Å². The lowest BCUT2D eigenvalue weighted by Crippen LogP contribution is -1.99. The molecule has 0 bridgehead atoms. The Morgan fingerprint density at radius 2 is 2.11 bits per heavy atom. The fourth-order valence-electron chi connectivity index (χ4n) is 1.84. The Morgan fingerprint density at radius 1 is 1.39 bits per heavy atom. The van der Waals surface area contributed by atoms with Crippen LogP contribution in [0.25, 0.3) is 11.0 Å². The molecule has 0 saturated heterocycles. The van der Waals surface area contributed by atoms with Crippen molar-refractivity contribution in [2.45, 2.75) is 31.6 Å². The van der Waals surface area contributed by atoms with Gasteiger partial charge in [-0.25, -0.2) is 13.4 Å². The number of imidazole rings is 1. The predicted octanol–water partition coefficient (Wildman–Crippen LogP) is 2.56. The lowest BCUT2D eigenvalue weighted by molar-refractivity contribution is 0.547. The van der Waals surface area contributed by atoms with Gasteiger partial charge in [-0.15, -0.1) is 0 Å². The number of aromatic nitrogens is 2. The highest BCUT2D eigenvalue weighted by Crippen LogP contribution is 2.19. The SMILES string of the molecule is CCC(C)Cc1nc2ccc(S(C)(=O)=O)cc2[nH]1. The lowest BCUT2D eigenvalue weighted by Gasteiger charge is -2.03. The molecule has 0 amide bonds. The van der Waals surface area contributed by atoms with E-state index in [0.29, 0.717) is 10.8 Å². The topological polar surface area (TPSA) is 62.8 Å². The van der Waals surface area contributed by atoms with Crippen molar-refractivity contribution in [2.24, 2.45) is 5.92 Å². The summed E-state index contributed by atoms with van der Waals surface area (Å²) in [5.41, 5.74) is 1.61.